The molecule has 6 nitrogen and oxygen atoms in total. The fraction of sp³-hybridized carbons (Fsp3) is 0.808. The number of nitrogens with one attached hydrogen (secondary N) is 1. The molecule has 0 aromatic rings. The molecule has 0 saturated carbocycles. The van der Waals surface area contributed by atoms with Gasteiger partial charge in [-0.25, -0.2) is 0 Å². The number of aliphatic hydroxyl groups is 2. The van der Waals surface area contributed by atoms with Crippen molar-refractivity contribution in [3.05, 3.63) is 48.6 Å². The van der Waals surface area contributed by atoms with Gasteiger partial charge in [0.05, 0.1) is 25.2 Å². The number of unbranched alkanes of at least 4 members (excludes halogenated alkanes) is 26. The Kier molecular flexibility index (Phi) is 44.2. The summed E-state index contributed by atoms with van der Waals surface area (Å²) in [4.78, 5) is 26.1. The van der Waals surface area contributed by atoms with Crippen LogP contribution in [0.3, 0.4) is 0 Å². The highest BCUT2D eigenvalue weighted by atomic mass is 16.5. The molecule has 3 N–H and O–H groups in total. The number of hydrogen-bond acceptors (Lipinski definition) is 5. The van der Waals surface area contributed by atoms with Crippen LogP contribution in [0.25, 0.3) is 0 Å². The van der Waals surface area contributed by atoms with Gasteiger partial charge in [-0.3, -0.25) is 9.59 Å². The Bertz CT molecular complexity index is 1000. The second-order valence-electron chi connectivity index (χ2n) is 16.9. The maximum Gasteiger partial charge on any atom is 0.306 e. The van der Waals surface area contributed by atoms with Gasteiger partial charge in [0.15, 0.2) is 0 Å². The molecule has 338 valence electrons. The molecular formula is C52H95NO5. The molecule has 0 aliphatic rings. The number of carbonyl (C=O) groups excluding carboxylic acids is 2. The topological polar surface area (TPSA) is 95.9 Å². The van der Waals surface area contributed by atoms with Gasteiger partial charge in [-0.2, -0.15) is 0 Å². The number of esters is 1. The lowest BCUT2D eigenvalue weighted by molar-refractivity contribution is -0.151. The summed E-state index contributed by atoms with van der Waals surface area (Å²) in [6.07, 6.45) is 54.5. The van der Waals surface area contributed by atoms with Crippen molar-refractivity contribution in [3.63, 3.8) is 0 Å². The molecule has 0 spiro atoms. The average Bonchev–Trinajstić information content (AvgIpc) is 3.22. The van der Waals surface area contributed by atoms with Crippen LogP contribution in [0, 0.1) is 0 Å². The molecular weight excluding hydrogens is 719 g/mol. The predicted octanol–water partition coefficient (Wildman–Crippen LogP) is 14.7. The van der Waals surface area contributed by atoms with E-state index >= 15 is 0 Å². The second kappa shape index (κ2) is 45.9. The first-order valence-electron chi connectivity index (χ1n) is 24.9. The third-order valence-corrected chi connectivity index (χ3v) is 11.2. The predicted molar refractivity (Wildman–Crippen MR) is 250 cm³/mol. The van der Waals surface area contributed by atoms with Crippen LogP contribution < -0.4 is 5.32 Å². The molecule has 58 heavy (non-hydrogen) atoms. The maximum atomic E-state index is 13.2. The van der Waals surface area contributed by atoms with E-state index in [-0.39, 0.29) is 24.9 Å². The molecule has 6 heteroatoms. The molecule has 0 aliphatic carbocycles. The zero-order chi connectivity index (χ0) is 42.4. The van der Waals surface area contributed by atoms with E-state index in [4.69, 9.17) is 4.74 Å². The number of carbonyl (C=O) groups is 2. The number of hydrogen-bond donors (Lipinski definition) is 3. The zero-order valence-corrected chi connectivity index (χ0v) is 38.4. The van der Waals surface area contributed by atoms with Crippen molar-refractivity contribution < 1.29 is 24.5 Å². The van der Waals surface area contributed by atoms with Gasteiger partial charge in [-0.1, -0.05) is 204 Å². The normalized spacial score (nSPS) is 13.7. The Labute approximate surface area is 359 Å². The van der Waals surface area contributed by atoms with Gasteiger partial charge in [0.2, 0.25) is 5.91 Å². The van der Waals surface area contributed by atoms with Gasteiger partial charge in [0.1, 0.15) is 6.10 Å². The summed E-state index contributed by atoms with van der Waals surface area (Å²) >= 11 is 0. The molecule has 1 amide bonds. The monoisotopic (exact) mass is 814 g/mol. The van der Waals surface area contributed by atoms with Gasteiger partial charge in [-0.05, 0) is 77.0 Å². The lowest BCUT2D eigenvalue weighted by Gasteiger charge is -2.24. The van der Waals surface area contributed by atoms with Gasteiger partial charge in [0.25, 0.3) is 0 Å². The Balaban J connectivity index is 4.70. The Morgan fingerprint density at radius 3 is 1.38 bits per heavy atom. The van der Waals surface area contributed by atoms with Crippen LogP contribution in [0.5, 0.6) is 0 Å². The van der Waals surface area contributed by atoms with Crippen molar-refractivity contribution in [1.29, 1.82) is 0 Å². The zero-order valence-electron chi connectivity index (χ0n) is 38.4. The molecule has 0 rings (SSSR count). The van der Waals surface area contributed by atoms with Crippen molar-refractivity contribution in [2.24, 2.45) is 0 Å². The SMILES string of the molecule is CCCCCCC/C=C/C=C/C=C/CCCCCC(CC(=O)NC(CO)C(O)CCCCCCCCCCCC)OC(=O)CCCCC/C=C\CCCCCCCC. The van der Waals surface area contributed by atoms with Crippen molar-refractivity contribution in [1.82, 2.24) is 5.32 Å². The summed E-state index contributed by atoms with van der Waals surface area (Å²) in [7, 11) is 0. The van der Waals surface area contributed by atoms with E-state index in [0.717, 1.165) is 83.5 Å². The van der Waals surface area contributed by atoms with Crippen molar-refractivity contribution >= 4 is 11.9 Å². The largest absolute Gasteiger partial charge is 0.462 e. The van der Waals surface area contributed by atoms with E-state index in [1.807, 2.05) is 0 Å². The van der Waals surface area contributed by atoms with E-state index in [9.17, 15) is 19.8 Å². The third-order valence-electron chi connectivity index (χ3n) is 11.2. The summed E-state index contributed by atoms with van der Waals surface area (Å²) in [5, 5.41) is 23.7. The molecule has 0 radical (unpaired) electrons. The molecule has 0 aromatic carbocycles. The molecule has 0 fully saturated rings. The van der Waals surface area contributed by atoms with E-state index in [1.165, 1.54) is 116 Å². The summed E-state index contributed by atoms with van der Waals surface area (Å²) in [6, 6.07) is -0.714. The number of ether oxygens (including phenoxy) is 1. The number of allylic oxidation sites excluding steroid dienone is 8. The summed E-state index contributed by atoms with van der Waals surface area (Å²) < 4.78 is 5.90. The molecule has 0 saturated heterocycles. The Hall–Kier alpha value is -2.18. The van der Waals surface area contributed by atoms with Gasteiger partial charge >= 0.3 is 5.97 Å². The summed E-state index contributed by atoms with van der Waals surface area (Å²) in [5.74, 6) is -0.525. The van der Waals surface area contributed by atoms with Crippen LogP contribution in [0.1, 0.15) is 245 Å². The molecule has 0 aliphatic heterocycles. The van der Waals surface area contributed by atoms with Crippen LogP contribution >= 0.6 is 0 Å². The quantitative estimate of drug-likeness (QED) is 0.0246. The van der Waals surface area contributed by atoms with Crippen molar-refractivity contribution in [3.8, 4) is 0 Å². The minimum Gasteiger partial charge on any atom is -0.462 e. The minimum atomic E-state index is -0.798. The van der Waals surface area contributed by atoms with Crippen LogP contribution in [-0.4, -0.2) is 46.9 Å². The standard InChI is InChI=1S/C52H95NO5/c1-4-7-10-13-16-19-22-24-25-26-28-29-31-34-37-40-43-48(58-52(57)45-42-39-36-33-30-27-23-20-17-14-11-8-5-2)46-51(56)53-49(47-54)50(55)44-41-38-35-32-21-18-15-12-9-6-3/h22,24-30,48-50,54-55H,4-21,23,31-47H2,1-3H3,(H,53,56)/b24-22+,26-25+,29-28+,30-27-. The van der Waals surface area contributed by atoms with E-state index in [0.29, 0.717) is 19.3 Å². The Morgan fingerprint density at radius 1 is 0.500 bits per heavy atom. The van der Waals surface area contributed by atoms with E-state index in [1.54, 1.807) is 0 Å². The lowest BCUT2D eigenvalue weighted by Crippen LogP contribution is -2.46. The van der Waals surface area contributed by atoms with Crippen molar-refractivity contribution in [2.45, 2.75) is 264 Å². The number of amides is 1. The molecule has 0 aromatic heterocycles. The first-order valence-corrected chi connectivity index (χ1v) is 24.9. The highest BCUT2D eigenvalue weighted by Gasteiger charge is 2.24. The van der Waals surface area contributed by atoms with Crippen LogP contribution in [0.2, 0.25) is 0 Å². The first-order chi connectivity index (χ1) is 28.5. The third kappa shape index (κ3) is 40.6. The number of aliphatic hydroxyl groups excluding tert-OH is 2. The average molecular weight is 814 g/mol. The first kappa shape index (κ1) is 55.8. The fourth-order valence-corrected chi connectivity index (χ4v) is 7.37. The second-order valence-corrected chi connectivity index (χ2v) is 16.9. The lowest BCUT2D eigenvalue weighted by atomic mass is 10.0. The van der Waals surface area contributed by atoms with Crippen molar-refractivity contribution in [2.75, 3.05) is 6.61 Å². The number of rotatable bonds is 44. The van der Waals surface area contributed by atoms with Crippen LogP contribution in [0.4, 0.5) is 0 Å². The summed E-state index contributed by atoms with van der Waals surface area (Å²) in [5.41, 5.74) is 0. The molecule has 0 heterocycles. The molecule has 0 bridgehead atoms. The van der Waals surface area contributed by atoms with Gasteiger partial charge in [-0.15, -0.1) is 0 Å². The minimum absolute atomic E-state index is 0.0492. The summed E-state index contributed by atoms with van der Waals surface area (Å²) in [6.45, 7) is 6.43. The molecule has 3 atom stereocenters. The van der Waals surface area contributed by atoms with Crippen LogP contribution in [0.15, 0.2) is 48.6 Å². The highest BCUT2D eigenvalue weighted by molar-refractivity contribution is 5.77. The van der Waals surface area contributed by atoms with Crippen LogP contribution in [-0.2, 0) is 14.3 Å². The van der Waals surface area contributed by atoms with E-state index in [2.05, 4.69) is 74.7 Å². The molecule has 3 unspecified atom stereocenters. The fourth-order valence-electron chi connectivity index (χ4n) is 7.37. The van der Waals surface area contributed by atoms with Gasteiger partial charge in [0, 0.05) is 6.42 Å². The van der Waals surface area contributed by atoms with Gasteiger partial charge < -0.3 is 20.3 Å². The Morgan fingerprint density at radius 2 is 0.897 bits per heavy atom. The highest BCUT2D eigenvalue weighted by Crippen LogP contribution is 2.17. The maximum absolute atomic E-state index is 13.2. The smallest absolute Gasteiger partial charge is 0.306 e. The van der Waals surface area contributed by atoms with E-state index < -0.39 is 18.2 Å².